The van der Waals surface area contributed by atoms with Gasteiger partial charge in [-0.1, -0.05) is 30.3 Å². The van der Waals surface area contributed by atoms with Gasteiger partial charge in [0.1, 0.15) is 17.2 Å². The Kier molecular flexibility index (Phi) is 12.1. The number of hydrogen-bond donors (Lipinski definition) is 1. The van der Waals surface area contributed by atoms with Crippen LogP contribution in [0.2, 0.25) is 0 Å². The Morgan fingerprint density at radius 2 is 1.61 bits per heavy atom. The lowest BCUT2D eigenvalue weighted by atomic mass is 10.0. The van der Waals surface area contributed by atoms with Crippen molar-refractivity contribution in [2.24, 2.45) is 0 Å². The summed E-state index contributed by atoms with van der Waals surface area (Å²) in [5.74, 6) is 2.18. The predicted octanol–water partition coefficient (Wildman–Crippen LogP) is 5.00. The monoisotopic (exact) mass is 667 g/mol. The van der Waals surface area contributed by atoms with Gasteiger partial charge < -0.3 is 29.2 Å². The van der Waals surface area contributed by atoms with Gasteiger partial charge in [-0.2, -0.15) is 5.10 Å². The fraction of sp³-hybridized carbons (Fsp3) is 0.342. The Bertz CT molecular complexity index is 1720. The smallest absolute Gasteiger partial charge is 0.253 e. The number of para-hydroxylation sites is 1. The van der Waals surface area contributed by atoms with Crippen LogP contribution in [-0.4, -0.2) is 99.1 Å². The molecule has 11 nitrogen and oxygen atoms in total. The minimum absolute atomic E-state index is 0.0195. The Balaban J connectivity index is 1.38. The largest absolute Gasteiger partial charge is 0.497 e. The lowest BCUT2D eigenvalue weighted by Crippen LogP contribution is -2.41. The van der Waals surface area contributed by atoms with E-state index in [0.717, 1.165) is 60.9 Å². The van der Waals surface area contributed by atoms with Gasteiger partial charge in [-0.25, -0.2) is 4.68 Å². The number of nitrogens with zero attached hydrogens (tertiary/aromatic N) is 4. The summed E-state index contributed by atoms with van der Waals surface area (Å²) in [5.41, 5.74) is 4.46. The predicted molar refractivity (Wildman–Crippen MR) is 190 cm³/mol. The molecule has 0 saturated carbocycles. The van der Waals surface area contributed by atoms with Crippen LogP contribution >= 0.6 is 0 Å². The van der Waals surface area contributed by atoms with Crippen LogP contribution in [0.5, 0.6) is 23.1 Å². The summed E-state index contributed by atoms with van der Waals surface area (Å²) in [4.78, 5) is 30.1. The molecule has 258 valence electrons. The third kappa shape index (κ3) is 9.27. The van der Waals surface area contributed by atoms with Gasteiger partial charge in [0.05, 0.1) is 38.8 Å². The number of hydrogen-bond acceptors (Lipinski definition) is 8. The Labute approximate surface area is 288 Å². The third-order valence-electron chi connectivity index (χ3n) is 8.30. The van der Waals surface area contributed by atoms with Gasteiger partial charge in [-0.15, -0.1) is 0 Å². The summed E-state index contributed by atoms with van der Waals surface area (Å²) in [6, 6.07) is 22.6. The summed E-state index contributed by atoms with van der Waals surface area (Å²) < 4.78 is 24.6. The van der Waals surface area contributed by atoms with Gasteiger partial charge in [0.25, 0.3) is 5.91 Å². The first-order valence-corrected chi connectivity index (χ1v) is 16.4. The Hall–Kier alpha value is -5.13. The Morgan fingerprint density at radius 1 is 0.939 bits per heavy atom. The molecule has 1 N–H and O–H groups in total. The second-order valence-corrected chi connectivity index (χ2v) is 12.0. The summed E-state index contributed by atoms with van der Waals surface area (Å²) in [6.45, 7) is 6.56. The molecule has 0 radical (unpaired) electrons. The summed E-state index contributed by atoms with van der Waals surface area (Å²) >= 11 is 0. The molecule has 11 heteroatoms. The maximum Gasteiger partial charge on any atom is 0.253 e. The van der Waals surface area contributed by atoms with Crippen LogP contribution < -0.4 is 19.5 Å². The molecule has 1 aromatic heterocycles. The number of nitrogens with one attached hydrogen (secondary N) is 1. The van der Waals surface area contributed by atoms with Gasteiger partial charge >= 0.3 is 0 Å². The van der Waals surface area contributed by atoms with Crippen molar-refractivity contribution in [2.75, 3.05) is 67.7 Å². The van der Waals surface area contributed by atoms with Crippen LogP contribution in [0.25, 0.3) is 17.3 Å². The number of methoxy groups -OCH3 is 2. The average Bonchev–Trinajstić information content (AvgIpc) is 3.44. The van der Waals surface area contributed by atoms with E-state index in [0.29, 0.717) is 48.1 Å². The molecule has 0 atom stereocenters. The highest BCUT2D eigenvalue weighted by molar-refractivity contribution is 6.24. The van der Waals surface area contributed by atoms with Crippen LogP contribution in [0.1, 0.15) is 28.8 Å². The molecule has 0 spiro atoms. The van der Waals surface area contributed by atoms with Crippen LogP contribution in [0.3, 0.4) is 0 Å². The number of morpholine rings is 1. The highest BCUT2D eigenvalue weighted by Crippen LogP contribution is 2.33. The van der Waals surface area contributed by atoms with Crippen molar-refractivity contribution in [3.05, 3.63) is 95.2 Å². The lowest BCUT2D eigenvalue weighted by Gasteiger charge is -2.26. The molecule has 3 aromatic carbocycles. The van der Waals surface area contributed by atoms with Crippen molar-refractivity contribution >= 4 is 23.5 Å². The van der Waals surface area contributed by atoms with Crippen molar-refractivity contribution in [1.82, 2.24) is 24.9 Å². The van der Waals surface area contributed by atoms with E-state index in [9.17, 15) is 9.59 Å². The number of benzene rings is 3. The molecule has 2 amide bonds. The minimum Gasteiger partial charge on any atom is -0.497 e. The van der Waals surface area contributed by atoms with E-state index in [1.807, 2.05) is 79.7 Å². The van der Waals surface area contributed by atoms with Crippen molar-refractivity contribution in [1.29, 1.82) is 0 Å². The fourth-order valence-electron chi connectivity index (χ4n) is 5.58. The van der Waals surface area contributed by atoms with E-state index < -0.39 is 0 Å². The number of aryl methyl sites for hydroxylation is 1. The van der Waals surface area contributed by atoms with E-state index in [4.69, 9.17) is 24.0 Å². The molecule has 0 aliphatic carbocycles. The third-order valence-corrected chi connectivity index (χ3v) is 8.30. The highest BCUT2D eigenvalue weighted by atomic mass is 16.5. The fourth-order valence-corrected chi connectivity index (χ4v) is 5.58. The van der Waals surface area contributed by atoms with E-state index in [1.54, 1.807) is 44.0 Å². The standard InChI is InChI=1S/C38H45N5O6/c1-27-34(15-16-36(44)39-17-18-42-19-21-48-22-20-42)38(43(40-27)30-9-7-6-8-10-30)49-31-13-11-29(12-14-31)35(37(45)41(2)3)25-28-23-32(46-4)26-33(24-28)47-5/h6-14,23-26H,15-22H2,1-5H3,(H,39,44). The maximum atomic E-state index is 13.4. The molecule has 49 heavy (non-hydrogen) atoms. The Morgan fingerprint density at radius 3 is 2.24 bits per heavy atom. The number of likely N-dealkylation sites (N-methyl/N-ethyl adjacent to an activating group) is 1. The molecule has 1 saturated heterocycles. The highest BCUT2D eigenvalue weighted by Gasteiger charge is 2.21. The zero-order chi connectivity index (χ0) is 34.8. The molecular formula is C38H45N5O6. The van der Waals surface area contributed by atoms with Crippen LogP contribution in [-0.2, 0) is 20.7 Å². The molecule has 0 unspecified atom stereocenters. The number of amides is 2. The quantitative estimate of drug-likeness (QED) is 0.148. The number of carbonyl (C=O) groups excluding carboxylic acids is 2. The molecule has 0 bridgehead atoms. The van der Waals surface area contributed by atoms with Gasteiger partial charge in [0.2, 0.25) is 11.8 Å². The van der Waals surface area contributed by atoms with Crippen LogP contribution in [0.15, 0.2) is 72.8 Å². The van der Waals surface area contributed by atoms with Crippen LogP contribution in [0.4, 0.5) is 0 Å². The van der Waals surface area contributed by atoms with Crippen molar-refractivity contribution in [2.45, 2.75) is 19.8 Å². The minimum atomic E-state index is -0.154. The van der Waals surface area contributed by atoms with Gasteiger partial charge in [0, 0.05) is 63.9 Å². The first-order valence-electron chi connectivity index (χ1n) is 16.4. The second-order valence-electron chi connectivity index (χ2n) is 12.0. The van der Waals surface area contributed by atoms with E-state index in [1.165, 1.54) is 0 Å². The van der Waals surface area contributed by atoms with E-state index >= 15 is 0 Å². The number of ether oxygens (including phenoxy) is 4. The molecule has 2 heterocycles. The van der Waals surface area contributed by atoms with E-state index in [-0.39, 0.29) is 11.8 Å². The summed E-state index contributed by atoms with van der Waals surface area (Å²) in [7, 11) is 6.62. The van der Waals surface area contributed by atoms with Gasteiger partial charge in [-0.3, -0.25) is 14.5 Å². The first-order chi connectivity index (χ1) is 23.7. The summed E-state index contributed by atoms with van der Waals surface area (Å²) in [6.07, 6.45) is 2.58. The van der Waals surface area contributed by atoms with Crippen molar-refractivity contribution in [3.8, 4) is 28.8 Å². The first kappa shape index (κ1) is 35.2. The van der Waals surface area contributed by atoms with Crippen molar-refractivity contribution < 1.29 is 28.5 Å². The van der Waals surface area contributed by atoms with Crippen LogP contribution in [0, 0.1) is 6.92 Å². The molecular weight excluding hydrogens is 622 g/mol. The molecule has 1 aliphatic rings. The average molecular weight is 668 g/mol. The normalized spacial score (nSPS) is 13.5. The zero-order valence-corrected chi connectivity index (χ0v) is 28.9. The molecule has 4 aromatic rings. The molecule has 1 fully saturated rings. The number of carbonyl (C=O) groups is 2. The number of rotatable bonds is 14. The maximum absolute atomic E-state index is 13.4. The van der Waals surface area contributed by atoms with Crippen molar-refractivity contribution in [3.63, 3.8) is 0 Å². The SMILES string of the molecule is COc1cc(C=C(C(=O)N(C)C)c2ccc(Oc3c(CCC(=O)NCCN4CCOCC4)c(C)nn3-c3ccccc3)cc2)cc(OC)c1. The second kappa shape index (κ2) is 16.8. The molecule has 1 aliphatic heterocycles. The molecule has 5 rings (SSSR count). The summed E-state index contributed by atoms with van der Waals surface area (Å²) in [5, 5.41) is 7.85. The topological polar surface area (TPSA) is 107 Å². The number of aromatic nitrogens is 2. The van der Waals surface area contributed by atoms with Gasteiger partial charge in [-0.05, 0) is 66.9 Å². The van der Waals surface area contributed by atoms with E-state index in [2.05, 4.69) is 10.2 Å². The van der Waals surface area contributed by atoms with Gasteiger partial charge in [0.15, 0.2) is 0 Å². The lowest BCUT2D eigenvalue weighted by molar-refractivity contribution is -0.122. The zero-order valence-electron chi connectivity index (χ0n) is 28.9.